The van der Waals surface area contributed by atoms with Crippen molar-refractivity contribution in [2.24, 2.45) is 0 Å². The molecule has 0 amide bonds. The van der Waals surface area contributed by atoms with Crippen molar-refractivity contribution in [2.75, 3.05) is 4.90 Å². The molecule has 6 aromatic rings. The molecule has 0 radical (unpaired) electrons. The Bertz CT molecular complexity index is 2800. The van der Waals surface area contributed by atoms with Crippen molar-refractivity contribution >= 4 is 27.7 Å². The second-order valence-electron chi connectivity index (χ2n) is 15.5. The van der Waals surface area contributed by atoms with Crippen LogP contribution in [-0.4, -0.2) is 6.04 Å². The average Bonchev–Trinajstić information content (AvgIpc) is 3.84. The molecular weight excluding hydrogens is 651 g/mol. The van der Waals surface area contributed by atoms with Crippen molar-refractivity contribution in [3.05, 3.63) is 209 Å². The molecule has 0 heterocycles. The van der Waals surface area contributed by atoms with Gasteiger partial charge in [0, 0.05) is 16.9 Å². The quantitative estimate of drug-likeness (QED) is 0.178. The molecule has 0 aromatic heterocycles. The SMILES string of the molecule is c1ccc2c(c#1)-c1cccc3c4c(cc-2c13)C1(C2=C(C=CCC2)c2cc(N(c3ccccc3)C3C=CC(C5=CC=CCC5)=CC3)ccc21)c1ccccc1-4. The molecule has 0 saturated heterocycles. The Labute approximate surface area is 317 Å². The number of nitrogens with zero attached hydrogens (tertiary/aromatic N) is 1. The Hall–Kier alpha value is -6.36. The third kappa shape index (κ3) is 3.96. The van der Waals surface area contributed by atoms with Crippen LogP contribution in [0.5, 0.6) is 0 Å². The van der Waals surface area contributed by atoms with Crippen LogP contribution in [0.15, 0.2) is 175 Å². The highest BCUT2D eigenvalue weighted by atomic mass is 15.2. The van der Waals surface area contributed by atoms with Gasteiger partial charge in [0.05, 0.1) is 11.5 Å². The predicted octanol–water partition coefficient (Wildman–Crippen LogP) is 13.2. The largest absolute Gasteiger partial charge is 0.334 e. The maximum atomic E-state index is 3.49. The summed E-state index contributed by atoms with van der Waals surface area (Å²) in [6, 6.07) is 48.3. The first kappa shape index (κ1) is 30.1. The molecule has 6 aliphatic carbocycles. The highest BCUT2D eigenvalue weighted by molar-refractivity contribution is 6.21. The van der Waals surface area contributed by atoms with Crippen molar-refractivity contribution in [1.82, 2.24) is 0 Å². The molecule has 0 bridgehead atoms. The van der Waals surface area contributed by atoms with Crippen LogP contribution in [0.25, 0.3) is 49.7 Å². The van der Waals surface area contributed by atoms with Crippen LogP contribution in [0.1, 0.15) is 54.4 Å². The third-order valence-electron chi connectivity index (χ3n) is 13.0. The number of allylic oxidation sites excluding steroid dienone is 10. The normalized spacial score (nSPS) is 20.6. The van der Waals surface area contributed by atoms with Gasteiger partial charge in [-0.2, -0.15) is 0 Å². The number of para-hydroxylation sites is 1. The molecule has 6 aromatic carbocycles. The molecule has 1 spiro atoms. The van der Waals surface area contributed by atoms with Crippen molar-refractivity contribution in [3.8, 4) is 33.4 Å². The fourth-order valence-corrected chi connectivity index (χ4v) is 10.8. The Balaban J connectivity index is 1.07. The fraction of sp³-hybridized carbons (Fsp3) is 0.132. The monoisotopic (exact) mass is 687 g/mol. The van der Waals surface area contributed by atoms with Gasteiger partial charge >= 0.3 is 0 Å². The van der Waals surface area contributed by atoms with Crippen molar-refractivity contribution in [2.45, 2.75) is 43.6 Å². The summed E-state index contributed by atoms with van der Waals surface area (Å²) in [5.74, 6) is 0. The first-order valence-corrected chi connectivity index (χ1v) is 19.6. The molecular formula is C53H37N. The van der Waals surface area contributed by atoms with Gasteiger partial charge in [-0.15, -0.1) is 0 Å². The minimum absolute atomic E-state index is 0.214. The lowest BCUT2D eigenvalue weighted by molar-refractivity contribution is 0.714. The maximum Gasteiger partial charge on any atom is 0.0689 e. The number of hydrogen-bond acceptors (Lipinski definition) is 1. The molecule has 1 heteroatoms. The first-order chi connectivity index (χ1) is 26.8. The second kappa shape index (κ2) is 11.3. The Morgan fingerprint density at radius 3 is 2.43 bits per heavy atom. The van der Waals surface area contributed by atoms with E-state index in [4.69, 9.17) is 0 Å². The number of benzene rings is 5. The van der Waals surface area contributed by atoms with Gasteiger partial charge in [0.15, 0.2) is 0 Å². The van der Waals surface area contributed by atoms with E-state index in [0.717, 1.165) is 32.1 Å². The van der Waals surface area contributed by atoms with Crippen molar-refractivity contribution < 1.29 is 0 Å². The van der Waals surface area contributed by atoms with Crippen molar-refractivity contribution in [3.63, 3.8) is 0 Å². The summed E-state index contributed by atoms with van der Waals surface area (Å²) in [6.45, 7) is 0. The summed E-state index contributed by atoms with van der Waals surface area (Å²) in [4.78, 5) is 2.56. The van der Waals surface area contributed by atoms with E-state index >= 15 is 0 Å². The third-order valence-corrected chi connectivity index (χ3v) is 13.0. The molecule has 0 N–H and O–H groups in total. The van der Waals surface area contributed by atoms with Crippen LogP contribution in [0, 0.1) is 12.1 Å². The van der Waals surface area contributed by atoms with E-state index in [-0.39, 0.29) is 11.5 Å². The van der Waals surface area contributed by atoms with E-state index in [1.807, 2.05) is 6.07 Å². The van der Waals surface area contributed by atoms with Gasteiger partial charge in [-0.25, -0.2) is 0 Å². The van der Waals surface area contributed by atoms with Gasteiger partial charge in [0.1, 0.15) is 0 Å². The average molecular weight is 688 g/mol. The topological polar surface area (TPSA) is 3.24 Å². The summed E-state index contributed by atoms with van der Waals surface area (Å²) < 4.78 is 0. The predicted molar refractivity (Wildman–Crippen MR) is 224 cm³/mol. The van der Waals surface area contributed by atoms with Crippen LogP contribution < -0.4 is 4.90 Å². The van der Waals surface area contributed by atoms with Gasteiger partial charge in [-0.1, -0.05) is 127 Å². The number of fused-ring (bicyclic) bond motifs is 13. The molecule has 12 rings (SSSR count). The molecule has 254 valence electrons. The van der Waals surface area contributed by atoms with Crippen LogP contribution in [0.2, 0.25) is 0 Å². The minimum atomic E-state index is -0.351. The number of rotatable bonds is 4. The Kier molecular flexibility index (Phi) is 6.32. The summed E-state index contributed by atoms with van der Waals surface area (Å²) in [6.07, 6.45) is 24.2. The number of anilines is 2. The number of hydrogen-bond donors (Lipinski definition) is 0. The van der Waals surface area contributed by atoms with Gasteiger partial charge in [0.25, 0.3) is 0 Å². The van der Waals surface area contributed by atoms with Crippen LogP contribution >= 0.6 is 0 Å². The van der Waals surface area contributed by atoms with E-state index in [2.05, 4.69) is 169 Å². The van der Waals surface area contributed by atoms with Gasteiger partial charge in [0.2, 0.25) is 0 Å². The zero-order chi connectivity index (χ0) is 35.4. The molecule has 0 fully saturated rings. The Morgan fingerprint density at radius 2 is 1.54 bits per heavy atom. The van der Waals surface area contributed by atoms with Gasteiger partial charge < -0.3 is 4.90 Å². The summed E-state index contributed by atoms with van der Waals surface area (Å²) in [5, 5.41) is 2.70. The zero-order valence-electron chi connectivity index (χ0n) is 30.1. The second-order valence-corrected chi connectivity index (χ2v) is 15.5. The summed E-state index contributed by atoms with van der Waals surface area (Å²) in [7, 11) is 0. The van der Waals surface area contributed by atoms with E-state index in [1.165, 1.54) is 94.5 Å². The van der Waals surface area contributed by atoms with Crippen molar-refractivity contribution in [1.29, 1.82) is 0 Å². The van der Waals surface area contributed by atoms with Gasteiger partial charge in [-0.3, -0.25) is 0 Å². The van der Waals surface area contributed by atoms with E-state index in [0.29, 0.717) is 0 Å². The molecule has 0 aliphatic heterocycles. The lowest BCUT2D eigenvalue weighted by Gasteiger charge is -2.35. The Morgan fingerprint density at radius 1 is 0.667 bits per heavy atom. The summed E-state index contributed by atoms with van der Waals surface area (Å²) >= 11 is 0. The maximum absolute atomic E-state index is 3.49. The van der Waals surface area contributed by atoms with Crippen LogP contribution in [0.4, 0.5) is 11.4 Å². The molecule has 6 aliphatic rings. The first-order valence-electron chi connectivity index (χ1n) is 19.6. The minimum Gasteiger partial charge on any atom is -0.334 e. The molecule has 2 unspecified atom stereocenters. The molecule has 2 atom stereocenters. The lowest BCUT2D eigenvalue weighted by Crippen LogP contribution is -2.31. The van der Waals surface area contributed by atoms with Crippen LogP contribution in [-0.2, 0) is 5.41 Å². The van der Waals surface area contributed by atoms with E-state index in [1.54, 1.807) is 5.57 Å². The van der Waals surface area contributed by atoms with Crippen LogP contribution in [0.3, 0.4) is 0 Å². The molecule has 54 heavy (non-hydrogen) atoms. The van der Waals surface area contributed by atoms with E-state index in [9.17, 15) is 0 Å². The highest BCUT2D eigenvalue weighted by Crippen LogP contribution is 2.66. The standard InChI is InChI=1S/C53H37N/c1-3-14-34(15-4-1)35-26-28-37(29-27-35)54(36-16-5-2-6-17-36)38-30-31-49-45(32-38)41-20-9-11-24-47(41)53(49)48-25-12-10-21-43(48)52-44-23-13-22-42-39-18-7-8-19-40(39)46(51(42)44)33-50(52)53/h1-3,5-6,8-10,12-14,16-17,19-23,25-28,30-33,37H,4,11,15,24,29H2. The van der Waals surface area contributed by atoms with E-state index < -0.39 is 0 Å². The zero-order valence-corrected chi connectivity index (χ0v) is 30.1. The highest BCUT2D eigenvalue weighted by Gasteiger charge is 2.53. The smallest absolute Gasteiger partial charge is 0.0689 e. The summed E-state index contributed by atoms with van der Waals surface area (Å²) in [5.41, 5.74) is 21.3. The molecule has 1 nitrogen and oxygen atoms in total. The lowest BCUT2D eigenvalue weighted by atomic mass is 9.67. The fourth-order valence-electron chi connectivity index (χ4n) is 10.8. The molecule has 0 saturated carbocycles. The van der Waals surface area contributed by atoms with Gasteiger partial charge in [-0.05, 0) is 158 Å².